The van der Waals surface area contributed by atoms with Crippen molar-refractivity contribution in [1.82, 2.24) is 39.9 Å². The van der Waals surface area contributed by atoms with Crippen LogP contribution in [0.15, 0.2) is 121 Å². The fourth-order valence-electron chi connectivity index (χ4n) is 8.60. The van der Waals surface area contributed by atoms with Crippen LogP contribution in [-0.2, 0) is 4.79 Å². The Balaban J connectivity index is 0.000000182. The van der Waals surface area contributed by atoms with Crippen LogP contribution in [-0.4, -0.2) is 105 Å². The van der Waals surface area contributed by atoms with Gasteiger partial charge in [0.05, 0.1) is 42.7 Å². The van der Waals surface area contributed by atoms with Crippen LogP contribution in [0.4, 0.5) is 0 Å². The highest BCUT2D eigenvalue weighted by Gasteiger charge is 2.29. The van der Waals surface area contributed by atoms with Gasteiger partial charge in [-0.3, -0.25) is 4.79 Å². The quantitative estimate of drug-likeness (QED) is 0.117. The lowest BCUT2D eigenvalue weighted by molar-refractivity contribution is -0.137. The van der Waals surface area contributed by atoms with Crippen LogP contribution in [0, 0.1) is 0 Å². The molecule has 0 aliphatic carbocycles. The number of rotatable bonds is 9. The number of carboxylic acids is 1. The average molecular weight is 939 g/mol. The highest BCUT2D eigenvalue weighted by molar-refractivity contribution is 6.06. The van der Waals surface area contributed by atoms with Crippen molar-refractivity contribution in [3.8, 4) is 80.0 Å². The third kappa shape index (κ3) is 8.03. The Bertz CT molecular complexity index is 3200. The number of ether oxygens (including phenoxy) is 6. The van der Waals surface area contributed by atoms with Gasteiger partial charge in [0.25, 0.3) is 0 Å². The molecule has 11 rings (SSSR count). The van der Waals surface area contributed by atoms with Gasteiger partial charge in [-0.15, -0.1) is 0 Å². The van der Waals surface area contributed by atoms with E-state index in [0.717, 1.165) is 43.8 Å². The van der Waals surface area contributed by atoms with Crippen LogP contribution in [0.2, 0.25) is 0 Å². The van der Waals surface area contributed by atoms with E-state index in [1.807, 2.05) is 97.1 Å². The minimum atomic E-state index is -1.07. The molecule has 9 aromatic rings. The van der Waals surface area contributed by atoms with Gasteiger partial charge < -0.3 is 43.5 Å². The first-order valence-electron chi connectivity index (χ1n) is 21.3. The lowest BCUT2D eigenvalue weighted by Gasteiger charge is -2.20. The Labute approximate surface area is 399 Å². The van der Waals surface area contributed by atoms with E-state index in [2.05, 4.69) is 9.97 Å². The zero-order chi connectivity index (χ0) is 47.1. The smallest absolute Gasteiger partial charge is 0.315 e. The summed E-state index contributed by atoms with van der Waals surface area (Å²) in [7, 11) is 8.83. The van der Waals surface area contributed by atoms with Crippen LogP contribution in [0.1, 0.15) is 17.0 Å². The third-order valence-electron chi connectivity index (χ3n) is 11.7. The van der Waals surface area contributed by atoms with Crippen LogP contribution in [0.25, 0.3) is 89.7 Å². The fourth-order valence-corrected chi connectivity index (χ4v) is 8.60. The predicted octanol–water partition coefficient (Wildman–Crippen LogP) is 8.37. The van der Waals surface area contributed by atoms with Crippen LogP contribution >= 0.6 is 0 Å². The molecular formula is C52H46N8O8Si. The summed E-state index contributed by atoms with van der Waals surface area (Å²) in [6.45, 7) is 0. The van der Waals surface area contributed by atoms with Gasteiger partial charge in [-0.05, 0) is 46.4 Å². The Kier molecular flexibility index (Phi) is 12.4. The van der Waals surface area contributed by atoms with Crippen molar-refractivity contribution in [2.75, 3.05) is 42.7 Å². The molecule has 0 unspecified atom stereocenters. The summed E-state index contributed by atoms with van der Waals surface area (Å²) in [5, 5.41) is 13.8. The predicted molar refractivity (Wildman–Crippen MR) is 269 cm³/mol. The number of aromatic amines is 2. The zero-order valence-corrected chi connectivity index (χ0v) is 37.6. The van der Waals surface area contributed by atoms with Crippen molar-refractivity contribution >= 4 is 61.1 Å². The topological polar surface area (TPSA) is 202 Å². The molecule has 69 heavy (non-hydrogen) atoms. The Hall–Kier alpha value is -8.83. The molecule has 0 saturated heterocycles. The molecule has 17 heteroatoms. The van der Waals surface area contributed by atoms with Gasteiger partial charge >= 0.3 is 5.97 Å². The number of carbonyl (C=O) groups is 1. The number of fused-ring (bicyclic) bond motifs is 20. The third-order valence-corrected chi connectivity index (χ3v) is 11.7. The molecule has 0 amide bonds. The van der Waals surface area contributed by atoms with Gasteiger partial charge in [0.2, 0.25) is 11.5 Å². The Morgan fingerprint density at radius 2 is 0.681 bits per heavy atom. The summed E-state index contributed by atoms with van der Waals surface area (Å²) in [5.74, 6) is 2.47. The summed E-state index contributed by atoms with van der Waals surface area (Å²) in [4.78, 5) is 49.0. The molecule has 16 nitrogen and oxygen atoms in total. The number of benzene rings is 6. The van der Waals surface area contributed by atoms with Crippen molar-refractivity contribution < 1.29 is 38.3 Å². The molecule has 0 atom stereocenters. The molecule has 8 bridgehead atoms. The SMILES string of the molecule is COc1cc(C(C(=O)O)c2cc(OC)c(OC)c(OC)c2)cc(OC)c1OC.[SiH4].c1ccc2c(c1)-c1nc-2nc2[nH]c(nc3nc(nc4[nH]c(n1)c1ccccc41)-c1ccccc1-3)c1ccccc21. The van der Waals surface area contributed by atoms with Crippen molar-refractivity contribution in [3.63, 3.8) is 0 Å². The van der Waals surface area contributed by atoms with E-state index in [4.69, 9.17) is 58.3 Å². The first-order valence-corrected chi connectivity index (χ1v) is 21.3. The molecule has 0 spiro atoms. The first kappa shape index (κ1) is 45.3. The molecule has 3 aromatic heterocycles. The maximum Gasteiger partial charge on any atom is 0.315 e. The van der Waals surface area contributed by atoms with Crippen molar-refractivity contribution in [3.05, 3.63) is 132 Å². The number of aliphatic carboxylic acids is 1. The molecular weight excluding hydrogens is 893 g/mol. The van der Waals surface area contributed by atoms with Crippen LogP contribution in [0.3, 0.4) is 0 Å². The lowest BCUT2D eigenvalue weighted by Crippen LogP contribution is -2.14. The van der Waals surface area contributed by atoms with Crippen molar-refractivity contribution in [1.29, 1.82) is 0 Å². The van der Waals surface area contributed by atoms with Gasteiger partial charge in [-0.25, -0.2) is 29.9 Å². The number of aromatic nitrogens is 8. The van der Waals surface area contributed by atoms with E-state index in [0.29, 0.717) is 91.5 Å². The van der Waals surface area contributed by atoms with Gasteiger partial charge in [-0.2, -0.15) is 0 Å². The normalized spacial score (nSPS) is 11.2. The summed E-state index contributed by atoms with van der Waals surface area (Å²) in [6.07, 6.45) is 0. The molecule has 5 heterocycles. The van der Waals surface area contributed by atoms with E-state index in [1.54, 1.807) is 24.3 Å². The minimum Gasteiger partial charge on any atom is -0.493 e. The Morgan fingerprint density at radius 1 is 0.420 bits per heavy atom. The zero-order valence-electron chi connectivity index (χ0n) is 37.6. The number of nitrogens with one attached hydrogen (secondary N) is 2. The molecule has 0 saturated carbocycles. The van der Waals surface area contributed by atoms with E-state index in [-0.39, 0.29) is 11.0 Å². The number of H-pyrrole nitrogens is 2. The van der Waals surface area contributed by atoms with Crippen LogP contribution in [0.5, 0.6) is 34.5 Å². The lowest BCUT2D eigenvalue weighted by atomic mass is 9.90. The highest BCUT2D eigenvalue weighted by atomic mass is 28.1. The van der Waals surface area contributed by atoms with E-state index in [9.17, 15) is 9.90 Å². The highest BCUT2D eigenvalue weighted by Crippen LogP contribution is 2.45. The molecule has 2 aliphatic rings. The largest absolute Gasteiger partial charge is 0.493 e. The number of hydrogen-bond donors (Lipinski definition) is 3. The number of carboxylic acid groups (broad SMARTS) is 1. The summed E-state index contributed by atoms with van der Waals surface area (Å²) in [5.41, 5.74) is 7.33. The molecule has 6 aromatic carbocycles. The molecule has 0 fully saturated rings. The average Bonchev–Trinajstić information content (AvgIpc) is 4.11. The molecule has 3 N–H and O–H groups in total. The summed E-state index contributed by atoms with van der Waals surface area (Å²) >= 11 is 0. The second-order valence-electron chi connectivity index (χ2n) is 15.5. The summed E-state index contributed by atoms with van der Waals surface area (Å²) < 4.78 is 32.0. The van der Waals surface area contributed by atoms with Crippen molar-refractivity contribution in [2.24, 2.45) is 0 Å². The van der Waals surface area contributed by atoms with E-state index >= 15 is 0 Å². The van der Waals surface area contributed by atoms with Crippen molar-refractivity contribution in [2.45, 2.75) is 5.92 Å². The molecule has 346 valence electrons. The van der Waals surface area contributed by atoms with Gasteiger partial charge in [0, 0.05) is 43.8 Å². The number of hydrogen-bond acceptors (Lipinski definition) is 13. The second-order valence-corrected chi connectivity index (χ2v) is 15.5. The Morgan fingerprint density at radius 3 is 0.913 bits per heavy atom. The molecule has 2 aliphatic heterocycles. The maximum atomic E-state index is 12.2. The number of methoxy groups -OCH3 is 6. The van der Waals surface area contributed by atoms with Gasteiger partial charge in [0.15, 0.2) is 46.3 Å². The van der Waals surface area contributed by atoms with Gasteiger partial charge in [-0.1, -0.05) is 97.1 Å². The number of nitrogens with zero attached hydrogens (tertiary/aromatic N) is 6. The van der Waals surface area contributed by atoms with E-state index < -0.39 is 11.9 Å². The minimum absolute atomic E-state index is 0. The first-order chi connectivity index (χ1) is 33.2. The molecule has 0 radical (unpaired) electrons. The monoisotopic (exact) mass is 938 g/mol. The summed E-state index contributed by atoms with van der Waals surface area (Å²) in [6, 6.07) is 38.6. The fraction of sp³-hybridized carbons (Fsp3) is 0.135. The second kappa shape index (κ2) is 18.8. The van der Waals surface area contributed by atoms with Crippen LogP contribution < -0.4 is 28.4 Å². The van der Waals surface area contributed by atoms with Gasteiger partial charge in [0.1, 0.15) is 28.5 Å². The van der Waals surface area contributed by atoms with E-state index in [1.165, 1.54) is 42.7 Å². The standard InChI is InChI=1S/C32H18N8.C20H24O8.H4Si/c1-2-10-18-17(9-1)25-33-26(18)38-28-21-13-5-6-14-22(21)30(35-28)40-32-24-16-8-7-15-23(24)31(36-32)39-29-20-12-4-3-11-19(20)27(34-29)37-25;1-23-13-7-11(8-14(24-2)18(13)27-5)17(20(21)22)12-9-15(25-3)19(28-6)16(10-12)26-4;/h1-16H,(H2,33,34,35,36,37,38,39,40);7-10,17H,1-6H3,(H,21,22);1H4. The maximum absolute atomic E-state index is 12.2.